The van der Waals surface area contributed by atoms with Gasteiger partial charge in [-0.2, -0.15) is 10.5 Å². The average molecular weight is 415 g/mol. The minimum absolute atomic E-state index is 0.392. The summed E-state index contributed by atoms with van der Waals surface area (Å²) < 4.78 is 5.67. The number of benzene rings is 2. The number of nitriles is 2. The lowest BCUT2D eigenvalue weighted by atomic mass is 9.75. The van der Waals surface area contributed by atoms with E-state index in [-0.39, 0.29) is 0 Å². The molecule has 0 aromatic heterocycles. The molecule has 2 aromatic carbocycles. The third kappa shape index (κ3) is 5.68. The first-order valence-corrected chi connectivity index (χ1v) is 11.9. The molecule has 0 amide bonds. The van der Waals surface area contributed by atoms with E-state index < -0.39 is 0 Å². The first kappa shape index (κ1) is 22.9. The van der Waals surface area contributed by atoms with Gasteiger partial charge in [-0.1, -0.05) is 63.8 Å². The van der Waals surface area contributed by atoms with Crippen molar-refractivity contribution in [1.29, 1.82) is 10.5 Å². The van der Waals surface area contributed by atoms with E-state index in [1.54, 1.807) is 0 Å². The third-order valence-electron chi connectivity index (χ3n) is 6.60. The molecular weight excluding hydrogens is 380 g/mol. The Morgan fingerprint density at radius 3 is 2.16 bits per heavy atom. The number of ether oxygens (including phenoxy) is 1. The Morgan fingerprint density at radius 1 is 0.839 bits per heavy atom. The van der Waals surface area contributed by atoms with E-state index in [9.17, 15) is 10.5 Å². The average Bonchev–Trinajstić information content (AvgIpc) is 2.82. The Balaban J connectivity index is 1.79. The van der Waals surface area contributed by atoms with E-state index in [1.165, 1.54) is 38.5 Å². The van der Waals surface area contributed by atoms with Gasteiger partial charge >= 0.3 is 0 Å². The highest BCUT2D eigenvalue weighted by molar-refractivity contribution is 5.75. The molecule has 31 heavy (non-hydrogen) atoms. The predicted molar refractivity (Wildman–Crippen MR) is 126 cm³/mol. The van der Waals surface area contributed by atoms with Gasteiger partial charge in [0, 0.05) is 5.56 Å². The molecular formula is C28H34N2O. The number of rotatable bonds is 9. The Labute approximate surface area is 187 Å². The highest BCUT2D eigenvalue weighted by atomic mass is 16.5. The number of hydrogen-bond donors (Lipinski definition) is 0. The van der Waals surface area contributed by atoms with Gasteiger partial charge in [0.25, 0.3) is 0 Å². The zero-order chi connectivity index (χ0) is 22.1. The van der Waals surface area contributed by atoms with Gasteiger partial charge in [-0.25, -0.2) is 0 Å². The molecule has 0 unspecified atom stereocenters. The molecule has 1 fully saturated rings. The van der Waals surface area contributed by atoms with Gasteiger partial charge in [-0.3, -0.25) is 0 Å². The van der Waals surface area contributed by atoms with Crippen molar-refractivity contribution in [3.63, 3.8) is 0 Å². The maximum atomic E-state index is 9.95. The first-order chi connectivity index (χ1) is 15.2. The molecule has 0 bridgehead atoms. The van der Waals surface area contributed by atoms with Crippen molar-refractivity contribution >= 4 is 0 Å². The summed E-state index contributed by atoms with van der Waals surface area (Å²) in [6.07, 6.45) is 11.0. The summed E-state index contributed by atoms with van der Waals surface area (Å²) in [5.41, 5.74) is 3.92. The summed E-state index contributed by atoms with van der Waals surface area (Å²) in [6.45, 7) is 5.03. The standard InChI is InChI=1S/C28H34N2O/c1-3-5-6-7-21-8-10-22(11-9-21)25-16-17-26(28(20-30)27(25)19-29)23-12-14-24(15-13-23)31-18-4-2/h12-17,21-22H,3-11,18H2,1-2H3/t21-,22-. The van der Waals surface area contributed by atoms with Crippen LogP contribution < -0.4 is 4.74 Å². The second-order valence-electron chi connectivity index (χ2n) is 8.76. The van der Waals surface area contributed by atoms with Crippen molar-refractivity contribution in [1.82, 2.24) is 0 Å². The van der Waals surface area contributed by atoms with E-state index in [2.05, 4.69) is 32.1 Å². The Bertz CT molecular complexity index is 925. The van der Waals surface area contributed by atoms with Gasteiger partial charge in [0.2, 0.25) is 0 Å². The van der Waals surface area contributed by atoms with Gasteiger partial charge in [-0.15, -0.1) is 0 Å². The topological polar surface area (TPSA) is 56.8 Å². The van der Waals surface area contributed by atoms with Crippen LogP contribution >= 0.6 is 0 Å². The quantitative estimate of drug-likeness (QED) is 0.394. The van der Waals surface area contributed by atoms with Crippen molar-refractivity contribution in [2.75, 3.05) is 6.61 Å². The number of unbranched alkanes of at least 4 members (excludes halogenated alkanes) is 2. The van der Waals surface area contributed by atoms with E-state index in [0.29, 0.717) is 23.7 Å². The smallest absolute Gasteiger partial charge is 0.119 e. The summed E-state index contributed by atoms with van der Waals surface area (Å²) >= 11 is 0. The fraction of sp³-hybridized carbons (Fsp3) is 0.500. The second-order valence-corrected chi connectivity index (χ2v) is 8.76. The highest BCUT2D eigenvalue weighted by Gasteiger charge is 2.26. The van der Waals surface area contributed by atoms with E-state index >= 15 is 0 Å². The lowest BCUT2D eigenvalue weighted by Crippen LogP contribution is -2.15. The summed E-state index contributed by atoms with van der Waals surface area (Å²) in [7, 11) is 0. The number of hydrogen-bond acceptors (Lipinski definition) is 3. The van der Waals surface area contributed by atoms with Crippen molar-refractivity contribution < 1.29 is 4.74 Å². The van der Waals surface area contributed by atoms with E-state index in [4.69, 9.17) is 4.74 Å². The molecule has 0 aliphatic heterocycles. The van der Waals surface area contributed by atoms with Gasteiger partial charge < -0.3 is 4.74 Å². The van der Waals surface area contributed by atoms with Crippen LogP contribution in [0.25, 0.3) is 11.1 Å². The van der Waals surface area contributed by atoms with Crippen LogP contribution in [0.2, 0.25) is 0 Å². The van der Waals surface area contributed by atoms with Gasteiger partial charge in [-0.05, 0) is 67.2 Å². The molecule has 3 heteroatoms. The molecule has 0 radical (unpaired) electrons. The summed E-state index contributed by atoms with van der Waals surface area (Å²) in [5.74, 6) is 2.05. The maximum absolute atomic E-state index is 9.95. The largest absolute Gasteiger partial charge is 0.494 e. The van der Waals surface area contributed by atoms with Gasteiger partial charge in [0.15, 0.2) is 0 Å². The van der Waals surface area contributed by atoms with Crippen molar-refractivity contribution in [3.8, 4) is 29.0 Å². The zero-order valence-corrected chi connectivity index (χ0v) is 19.0. The lowest BCUT2D eigenvalue weighted by molar-refractivity contribution is 0.302. The van der Waals surface area contributed by atoms with Crippen molar-refractivity contribution in [2.45, 2.75) is 77.6 Å². The van der Waals surface area contributed by atoms with Crippen LogP contribution in [0.4, 0.5) is 0 Å². The van der Waals surface area contributed by atoms with E-state index in [1.807, 2.05) is 30.3 Å². The SMILES string of the molecule is CCCCC[C@H]1CC[C@H](c2ccc(-c3ccc(OCCC)cc3)c(C#N)c2C#N)CC1. The minimum Gasteiger partial charge on any atom is -0.494 e. The maximum Gasteiger partial charge on any atom is 0.119 e. The molecule has 2 aromatic rings. The Hall–Kier alpha value is -2.78. The fourth-order valence-electron chi connectivity index (χ4n) is 4.83. The molecule has 0 saturated heterocycles. The molecule has 1 saturated carbocycles. The summed E-state index contributed by atoms with van der Waals surface area (Å²) in [6, 6.07) is 16.7. The second kappa shape index (κ2) is 11.6. The Kier molecular flexibility index (Phi) is 8.54. The lowest BCUT2D eigenvalue weighted by Gasteiger charge is -2.29. The predicted octanol–water partition coefficient (Wildman–Crippen LogP) is 7.74. The zero-order valence-electron chi connectivity index (χ0n) is 19.0. The molecule has 0 atom stereocenters. The van der Waals surface area contributed by atoms with Gasteiger partial charge in [0.05, 0.1) is 17.7 Å². The van der Waals surface area contributed by atoms with E-state index in [0.717, 1.165) is 47.6 Å². The summed E-state index contributed by atoms with van der Waals surface area (Å²) in [5, 5.41) is 19.9. The molecule has 1 aliphatic rings. The molecule has 0 spiro atoms. The molecule has 3 rings (SSSR count). The molecule has 162 valence electrons. The van der Waals surface area contributed by atoms with Crippen molar-refractivity contribution in [2.24, 2.45) is 5.92 Å². The van der Waals surface area contributed by atoms with Crippen LogP contribution in [-0.4, -0.2) is 6.61 Å². The first-order valence-electron chi connectivity index (χ1n) is 11.9. The number of nitrogens with zero attached hydrogens (tertiary/aromatic N) is 2. The normalized spacial score (nSPS) is 18.2. The monoisotopic (exact) mass is 414 g/mol. The van der Waals surface area contributed by atoms with Crippen LogP contribution in [-0.2, 0) is 0 Å². The molecule has 3 nitrogen and oxygen atoms in total. The molecule has 1 aliphatic carbocycles. The van der Waals surface area contributed by atoms with Crippen LogP contribution in [0.15, 0.2) is 36.4 Å². The summed E-state index contributed by atoms with van der Waals surface area (Å²) in [4.78, 5) is 0. The highest BCUT2D eigenvalue weighted by Crippen LogP contribution is 2.41. The van der Waals surface area contributed by atoms with Crippen LogP contribution in [0, 0.1) is 28.6 Å². The minimum atomic E-state index is 0.392. The molecule has 0 N–H and O–H groups in total. The van der Waals surface area contributed by atoms with Crippen LogP contribution in [0.3, 0.4) is 0 Å². The third-order valence-corrected chi connectivity index (χ3v) is 6.60. The van der Waals surface area contributed by atoms with Crippen LogP contribution in [0.1, 0.15) is 94.2 Å². The van der Waals surface area contributed by atoms with Crippen molar-refractivity contribution in [3.05, 3.63) is 53.1 Å². The van der Waals surface area contributed by atoms with Crippen LogP contribution in [0.5, 0.6) is 5.75 Å². The van der Waals surface area contributed by atoms with Gasteiger partial charge in [0.1, 0.15) is 17.9 Å². The molecule has 0 heterocycles. The fourth-order valence-corrected chi connectivity index (χ4v) is 4.83. The Morgan fingerprint density at radius 2 is 1.55 bits per heavy atom.